The van der Waals surface area contributed by atoms with Gasteiger partial charge < -0.3 is 24.1 Å². The Morgan fingerprint density at radius 1 is 1.14 bits per heavy atom. The number of rotatable bonds is 7. The van der Waals surface area contributed by atoms with E-state index in [0.29, 0.717) is 11.3 Å². The maximum Gasteiger partial charge on any atom is 0.313 e. The van der Waals surface area contributed by atoms with Gasteiger partial charge >= 0.3 is 10.1 Å². The lowest BCUT2D eigenvalue weighted by Crippen LogP contribution is -2.16. The standard InChI is InChI=1S/C19H19NO7S/c1-24-13-8-9-14(15(10-13)25-2)17-16(21)18(19(20)26-17)27-28(22,23)11-12-6-4-3-5-7-12/h3-10,17H,11,20H2,1-2H3/t17-/m0/s1/i17D. The van der Waals surface area contributed by atoms with Gasteiger partial charge in [-0.2, -0.15) is 8.42 Å². The molecule has 3 rings (SSSR count). The predicted molar refractivity (Wildman–Crippen MR) is 99.7 cm³/mol. The fourth-order valence-corrected chi connectivity index (χ4v) is 3.67. The van der Waals surface area contributed by atoms with Crippen molar-refractivity contribution in [1.29, 1.82) is 0 Å². The first kappa shape index (κ1) is 18.2. The zero-order chi connectivity index (χ0) is 21.2. The van der Waals surface area contributed by atoms with Crippen LogP contribution in [0.15, 0.2) is 60.2 Å². The normalized spacial score (nSPS) is 19.8. The molecule has 0 radical (unpaired) electrons. The van der Waals surface area contributed by atoms with Gasteiger partial charge in [0.05, 0.1) is 15.6 Å². The Labute approximate surface area is 164 Å². The molecule has 1 aliphatic heterocycles. The lowest BCUT2D eigenvalue weighted by atomic mass is 10.0. The Morgan fingerprint density at radius 2 is 1.86 bits per heavy atom. The third-order valence-electron chi connectivity index (χ3n) is 3.90. The van der Waals surface area contributed by atoms with Crippen LogP contribution in [0, 0.1) is 0 Å². The van der Waals surface area contributed by atoms with Crippen LogP contribution in [0.4, 0.5) is 0 Å². The third kappa shape index (κ3) is 4.04. The summed E-state index contributed by atoms with van der Waals surface area (Å²) in [5, 5.41) is 0. The summed E-state index contributed by atoms with van der Waals surface area (Å²) in [7, 11) is -1.42. The van der Waals surface area contributed by atoms with E-state index in [4.69, 9.17) is 25.5 Å². The Bertz CT molecular complexity index is 1070. The number of hydrogen-bond donors (Lipinski definition) is 1. The summed E-state index contributed by atoms with van der Waals surface area (Å²) in [5.74, 6) is -2.31. The minimum Gasteiger partial charge on any atom is -0.497 e. The van der Waals surface area contributed by atoms with E-state index in [1.807, 2.05) is 0 Å². The summed E-state index contributed by atoms with van der Waals surface area (Å²) in [6, 6.07) is 12.7. The molecule has 0 aliphatic carbocycles. The Kier molecular flexibility index (Phi) is 5.07. The molecule has 2 aromatic rings. The highest BCUT2D eigenvalue weighted by Crippen LogP contribution is 2.38. The average Bonchev–Trinajstić information content (AvgIpc) is 2.91. The number of carbonyl (C=O) groups excluding carboxylic acids is 1. The molecule has 9 heteroatoms. The van der Waals surface area contributed by atoms with Crippen molar-refractivity contribution >= 4 is 15.9 Å². The van der Waals surface area contributed by atoms with E-state index >= 15 is 0 Å². The highest BCUT2D eigenvalue weighted by atomic mass is 32.2. The van der Waals surface area contributed by atoms with Crippen molar-refractivity contribution in [2.75, 3.05) is 14.2 Å². The Morgan fingerprint density at radius 3 is 2.50 bits per heavy atom. The van der Waals surface area contributed by atoms with Crippen LogP contribution in [0.3, 0.4) is 0 Å². The van der Waals surface area contributed by atoms with E-state index < -0.39 is 39.4 Å². The molecular formula is C19H19NO7S. The topological polar surface area (TPSA) is 114 Å². The van der Waals surface area contributed by atoms with Crippen LogP contribution in [0.2, 0.25) is 0 Å². The number of methoxy groups -OCH3 is 2. The highest BCUT2D eigenvalue weighted by molar-refractivity contribution is 7.86. The molecule has 2 N–H and O–H groups in total. The quantitative estimate of drug-likeness (QED) is 0.695. The molecular weight excluding hydrogens is 386 g/mol. The van der Waals surface area contributed by atoms with Gasteiger partial charge in [-0.3, -0.25) is 4.79 Å². The Balaban J connectivity index is 1.89. The molecule has 0 saturated carbocycles. The van der Waals surface area contributed by atoms with E-state index in [1.165, 1.54) is 32.4 Å². The summed E-state index contributed by atoms with van der Waals surface area (Å²) < 4.78 is 53.7. The lowest BCUT2D eigenvalue weighted by molar-refractivity contribution is -0.123. The molecule has 0 amide bonds. The van der Waals surface area contributed by atoms with Crippen molar-refractivity contribution in [2.24, 2.45) is 5.73 Å². The minimum absolute atomic E-state index is 0.0211. The van der Waals surface area contributed by atoms with Gasteiger partial charge in [0.15, 0.2) is 6.08 Å². The smallest absolute Gasteiger partial charge is 0.313 e. The summed E-state index contributed by atoms with van der Waals surface area (Å²) >= 11 is 0. The van der Waals surface area contributed by atoms with Gasteiger partial charge in [0.2, 0.25) is 17.4 Å². The van der Waals surface area contributed by atoms with Crippen molar-refractivity contribution in [2.45, 2.75) is 11.8 Å². The van der Waals surface area contributed by atoms with Crippen LogP contribution in [-0.4, -0.2) is 28.4 Å². The molecule has 1 atom stereocenters. The predicted octanol–water partition coefficient (Wildman–Crippen LogP) is 2.02. The molecule has 8 nitrogen and oxygen atoms in total. The zero-order valence-corrected chi connectivity index (χ0v) is 16.0. The summed E-state index contributed by atoms with van der Waals surface area (Å²) in [5.41, 5.74) is 6.18. The SMILES string of the molecule is [2H][C@@]1(c2ccc(OC)cc2OC)OC(N)=C(OS(=O)(=O)Cc2ccccc2)C1=O. The second kappa shape index (κ2) is 7.81. The van der Waals surface area contributed by atoms with Crippen molar-refractivity contribution in [3.05, 3.63) is 71.3 Å². The van der Waals surface area contributed by atoms with Crippen LogP contribution < -0.4 is 15.2 Å². The molecule has 0 bridgehead atoms. The molecule has 1 heterocycles. The van der Waals surface area contributed by atoms with Crippen LogP contribution >= 0.6 is 0 Å². The van der Waals surface area contributed by atoms with E-state index in [1.54, 1.807) is 30.3 Å². The summed E-state index contributed by atoms with van der Waals surface area (Å²) in [6.07, 6.45) is -2.36. The van der Waals surface area contributed by atoms with Gasteiger partial charge in [-0.25, -0.2) is 0 Å². The van der Waals surface area contributed by atoms with Gasteiger partial charge in [-0.1, -0.05) is 30.3 Å². The molecule has 0 fully saturated rings. The molecule has 0 saturated heterocycles. The monoisotopic (exact) mass is 406 g/mol. The molecule has 1 aliphatic rings. The van der Waals surface area contributed by atoms with Crippen molar-refractivity contribution in [3.63, 3.8) is 0 Å². The first-order valence-electron chi connectivity index (χ1n) is 8.62. The minimum atomic E-state index is -4.22. The van der Waals surface area contributed by atoms with Gasteiger partial charge in [0, 0.05) is 11.6 Å². The summed E-state index contributed by atoms with van der Waals surface area (Å²) in [4.78, 5) is 12.9. The average molecular weight is 406 g/mol. The summed E-state index contributed by atoms with van der Waals surface area (Å²) in [6.45, 7) is 0. The molecule has 0 spiro atoms. The van der Waals surface area contributed by atoms with Crippen molar-refractivity contribution in [1.82, 2.24) is 0 Å². The number of hydrogen-bond acceptors (Lipinski definition) is 8. The number of ketones is 1. The second-order valence-electron chi connectivity index (χ2n) is 5.79. The van der Waals surface area contributed by atoms with Gasteiger partial charge in [-0.15, -0.1) is 0 Å². The first-order valence-corrected chi connectivity index (χ1v) is 9.70. The molecule has 148 valence electrons. The molecule has 0 aromatic heterocycles. The van der Waals surface area contributed by atoms with Crippen molar-refractivity contribution in [3.8, 4) is 11.5 Å². The zero-order valence-electron chi connectivity index (χ0n) is 16.2. The third-order valence-corrected chi connectivity index (χ3v) is 5.01. The number of benzene rings is 2. The highest BCUT2D eigenvalue weighted by Gasteiger charge is 2.41. The fourth-order valence-electron chi connectivity index (χ4n) is 2.59. The van der Waals surface area contributed by atoms with Gasteiger partial charge in [0.25, 0.3) is 0 Å². The number of ether oxygens (including phenoxy) is 3. The van der Waals surface area contributed by atoms with Gasteiger partial charge in [-0.05, 0) is 17.7 Å². The number of carbonyl (C=O) groups is 1. The number of nitrogens with two attached hydrogens (primary N) is 1. The van der Waals surface area contributed by atoms with Crippen LogP contribution in [0.5, 0.6) is 11.5 Å². The second-order valence-corrected chi connectivity index (χ2v) is 7.36. The largest absolute Gasteiger partial charge is 0.497 e. The fraction of sp³-hybridized carbons (Fsp3) is 0.211. The van der Waals surface area contributed by atoms with Crippen LogP contribution in [0.1, 0.15) is 18.6 Å². The van der Waals surface area contributed by atoms with Gasteiger partial charge in [0.1, 0.15) is 17.3 Å². The van der Waals surface area contributed by atoms with E-state index in [-0.39, 0.29) is 11.3 Å². The molecule has 28 heavy (non-hydrogen) atoms. The maximum atomic E-state index is 12.9. The maximum absolute atomic E-state index is 12.9. The molecule has 0 unspecified atom stereocenters. The van der Waals surface area contributed by atoms with E-state index in [2.05, 4.69) is 0 Å². The van der Waals surface area contributed by atoms with Crippen LogP contribution in [-0.2, 0) is 29.6 Å². The van der Waals surface area contributed by atoms with Crippen molar-refractivity contribution < 1.29 is 33.0 Å². The van der Waals surface area contributed by atoms with E-state index in [9.17, 15) is 13.2 Å². The number of Topliss-reactive ketones (excluding diaryl/α,β-unsaturated/α-hetero) is 1. The Hall–Kier alpha value is -3.20. The van der Waals surface area contributed by atoms with Crippen LogP contribution in [0.25, 0.3) is 0 Å². The van der Waals surface area contributed by atoms with E-state index in [0.717, 1.165) is 0 Å². The first-order chi connectivity index (χ1) is 13.7. The molecule has 2 aromatic carbocycles. The lowest BCUT2D eigenvalue weighted by Gasteiger charge is -2.15.